The molecule has 3 heteroatoms. The quantitative estimate of drug-likeness (QED) is 0.901. The fourth-order valence-electron chi connectivity index (χ4n) is 3.43. The molecule has 1 fully saturated rings. The lowest BCUT2D eigenvalue weighted by Gasteiger charge is -2.31. The van der Waals surface area contributed by atoms with Gasteiger partial charge in [0.2, 0.25) is 0 Å². The lowest BCUT2D eigenvalue weighted by molar-refractivity contribution is 0.0691. The molecule has 1 aromatic rings. The zero-order valence-electron chi connectivity index (χ0n) is 12.3. The first-order chi connectivity index (χ1) is 9.74. The Hall–Kier alpha value is -1.06. The molecule has 20 heavy (non-hydrogen) atoms. The Morgan fingerprint density at radius 2 is 2.05 bits per heavy atom. The van der Waals surface area contributed by atoms with Gasteiger partial charge in [-0.2, -0.15) is 0 Å². The molecule has 3 rings (SSSR count). The lowest BCUT2D eigenvalue weighted by atomic mass is 9.91. The smallest absolute Gasteiger partial charge is 0.125 e. The highest BCUT2D eigenvalue weighted by Crippen LogP contribution is 2.36. The molecule has 0 bridgehead atoms. The van der Waals surface area contributed by atoms with Gasteiger partial charge in [-0.3, -0.25) is 0 Å². The van der Waals surface area contributed by atoms with Crippen molar-refractivity contribution in [1.29, 1.82) is 0 Å². The number of hydrogen-bond acceptors (Lipinski definition) is 3. The maximum absolute atomic E-state index is 10.7. The van der Waals surface area contributed by atoms with Crippen molar-refractivity contribution >= 4 is 0 Å². The number of likely N-dealkylation sites (tertiary alicyclic amines) is 1. The molecule has 110 valence electrons. The van der Waals surface area contributed by atoms with Gasteiger partial charge in [0.05, 0.1) is 12.7 Å². The Bertz CT molecular complexity index is 454. The number of fused-ring (bicyclic) bond motifs is 1. The fraction of sp³-hybridized carbons (Fsp3) is 0.647. The Morgan fingerprint density at radius 1 is 1.25 bits per heavy atom. The predicted molar refractivity (Wildman–Crippen MR) is 80.0 cm³/mol. The van der Waals surface area contributed by atoms with Gasteiger partial charge in [0.25, 0.3) is 0 Å². The average Bonchev–Trinajstić information content (AvgIpc) is 2.61. The van der Waals surface area contributed by atoms with Gasteiger partial charge in [-0.25, -0.2) is 0 Å². The summed E-state index contributed by atoms with van der Waals surface area (Å²) in [6.45, 7) is 6.15. The van der Waals surface area contributed by atoms with E-state index in [4.69, 9.17) is 4.74 Å². The lowest BCUT2D eigenvalue weighted by Crippen LogP contribution is -2.36. The number of hydrogen-bond donors (Lipinski definition) is 1. The van der Waals surface area contributed by atoms with Gasteiger partial charge in [0.1, 0.15) is 5.75 Å². The van der Waals surface area contributed by atoms with E-state index >= 15 is 0 Å². The van der Waals surface area contributed by atoms with Crippen molar-refractivity contribution in [3.63, 3.8) is 0 Å². The van der Waals surface area contributed by atoms with Crippen molar-refractivity contribution in [2.75, 3.05) is 26.2 Å². The molecule has 2 atom stereocenters. The highest BCUT2D eigenvalue weighted by molar-refractivity contribution is 5.39. The van der Waals surface area contributed by atoms with Crippen LogP contribution in [0.5, 0.6) is 5.75 Å². The SMILES string of the molecule is Cc1ccc2c(c1)C(O)C(CN1CCCCC1)CCO2. The molecule has 1 aromatic carbocycles. The fourth-order valence-corrected chi connectivity index (χ4v) is 3.43. The molecule has 2 aliphatic rings. The highest BCUT2D eigenvalue weighted by Gasteiger charge is 2.29. The first-order valence-electron chi connectivity index (χ1n) is 7.88. The summed E-state index contributed by atoms with van der Waals surface area (Å²) < 4.78 is 5.81. The number of benzene rings is 1. The standard InChI is InChI=1S/C17H25NO2/c1-13-5-6-16-15(11-13)17(19)14(7-10-20-16)12-18-8-3-2-4-9-18/h5-6,11,14,17,19H,2-4,7-10,12H2,1H3. The third-order valence-electron chi connectivity index (χ3n) is 4.62. The van der Waals surface area contributed by atoms with Gasteiger partial charge in [-0.1, -0.05) is 18.1 Å². The summed E-state index contributed by atoms with van der Waals surface area (Å²) in [5, 5.41) is 10.7. The molecule has 0 aromatic heterocycles. The van der Waals surface area contributed by atoms with Crippen LogP contribution in [0.4, 0.5) is 0 Å². The molecule has 2 aliphatic heterocycles. The van der Waals surface area contributed by atoms with E-state index in [9.17, 15) is 5.11 Å². The van der Waals surface area contributed by atoms with Crippen LogP contribution in [-0.2, 0) is 0 Å². The summed E-state index contributed by atoms with van der Waals surface area (Å²) in [5.41, 5.74) is 2.16. The topological polar surface area (TPSA) is 32.7 Å². The Labute approximate surface area is 121 Å². The second kappa shape index (κ2) is 6.15. The van der Waals surface area contributed by atoms with Crippen LogP contribution in [0.3, 0.4) is 0 Å². The monoisotopic (exact) mass is 275 g/mol. The third kappa shape index (κ3) is 2.99. The molecular formula is C17H25NO2. The van der Waals surface area contributed by atoms with E-state index in [-0.39, 0.29) is 5.92 Å². The Morgan fingerprint density at radius 3 is 2.85 bits per heavy atom. The van der Waals surface area contributed by atoms with E-state index < -0.39 is 6.10 Å². The molecule has 0 spiro atoms. The maximum atomic E-state index is 10.7. The van der Waals surface area contributed by atoms with Gasteiger partial charge in [0, 0.05) is 18.0 Å². The van der Waals surface area contributed by atoms with Crippen LogP contribution in [0.1, 0.15) is 42.9 Å². The van der Waals surface area contributed by atoms with Gasteiger partial charge in [-0.15, -0.1) is 0 Å². The highest BCUT2D eigenvalue weighted by atomic mass is 16.5. The number of nitrogens with zero attached hydrogens (tertiary/aromatic N) is 1. The number of aliphatic hydroxyl groups excluding tert-OH is 1. The van der Waals surface area contributed by atoms with Crippen molar-refractivity contribution in [3.05, 3.63) is 29.3 Å². The zero-order valence-corrected chi connectivity index (χ0v) is 12.3. The Balaban J connectivity index is 1.75. The average molecular weight is 275 g/mol. The summed E-state index contributed by atoms with van der Waals surface area (Å²) >= 11 is 0. The predicted octanol–water partition coefficient (Wildman–Crippen LogP) is 2.91. The van der Waals surface area contributed by atoms with Crippen LogP contribution in [0, 0.1) is 12.8 Å². The van der Waals surface area contributed by atoms with E-state index in [2.05, 4.69) is 24.0 Å². The first kappa shape index (κ1) is 13.9. The molecule has 0 radical (unpaired) electrons. The minimum Gasteiger partial charge on any atom is -0.493 e. The van der Waals surface area contributed by atoms with Gasteiger partial charge in [-0.05, 0) is 51.4 Å². The van der Waals surface area contributed by atoms with E-state index in [0.717, 1.165) is 24.3 Å². The van der Waals surface area contributed by atoms with Crippen LogP contribution < -0.4 is 4.74 Å². The first-order valence-corrected chi connectivity index (χ1v) is 7.88. The molecule has 0 amide bonds. The van der Waals surface area contributed by atoms with Crippen LogP contribution in [0.25, 0.3) is 0 Å². The van der Waals surface area contributed by atoms with Gasteiger partial charge >= 0.3 is 0 Å². The molecule has 0 saturated carbocycles. The summed E-state index contributed by atoms with van der Waals surface area (Å²) in [5.74, 6) is 1.15. The van der Waals surface area contributed by atoms with Crippen molar-refractivity contribution < 1.29 is 9.84 Å². The van der Waals surface area contributed by atoms with E-state index in [0.29, 0.717) is 6.61 Å². The van der Waals surface area contributed by atoms with E-state index in [1.54, 1.807) is 0 Å². The summed E-state index contributed by atoms with van der Waals surface area (Å²) in [6.07, 6.45) is 4.50. The number of piperidine rings is 1. The number of rotatable bonds is 2. The second-order valence-corrected chi connectivity index (χ2v) is 6.24. The minimum atomic E-state index is -0.394. The second-order valence-electron chi connectivity index (χ2n) is 6.24. The van der Waals surface area contributed by atoms with Gasteiger partial charge < -0.3 is 14.7 Å². The summed E-state index contributed by atoms with van der Waals surface area (Å²) in [4.78, 5) is 2.51. The largest absolute Gasteiger partial charge is 0.493 e. The van der Waals surface area contributed by atoms with Gasteiger partial charge in [0.15, 0.2) is 0 Å². The van der Waals surface area contributed by atoms with Crippen molar-refractivity contribution in [1.82, 2.24) is 4.90 Å². The van der Waals surface area contributed by atoms with Crippen LogP contribution in [0.15, 0.2) is 18.2 Å². The molecule has 1 saturated heterocycles. The summed E-state index contributed by atoms with van der Waals surface area (Å²) in [6, 6.07) is 6.13. The maximum Gasteiger partial charge on any atom is 0.125 e. The van der Waals surface area contributed by atoms with E-state index in [1.807, 2.05) is 6.07 Å². The molecule has 2 heterocycles. The minimum absolute atomic E-state index is 0.288. The van der Waals surface area contributed by atoms with E-state index in [1.165, 1.54) is 37.9 Å². The number of aliphatic hydroxyl groups is 1. The number of aryl methyl sites for hydroxylation is 1. The molecular weight excluding hydrogens is 250 g/mol. The summed E-state index contributed by atoms with van der Waals surface area (Å²) in [7, 11) is 0. The van der Waals surface area contributed by atoms with Crippen molar-refractivity contribution in [2.24, 2.45) is 5.92 Å². The van der Waals surface area contributed by atoms with Crippen LogP contribution in [-0.4, -0.2) is 36.2 Å². The molecule has 3 nitrogen and oxygen atoms in total. The molecule has 0 aliphatic carbocycles. The third-order valence-corrected chi connectivity index (χ3v) is 4.62. The zero-order chi connectivity index (χ0) is 13.9. The normalized spacial score (nSPS) is 27.5. The van der Waals surface area contributed by atoms with Crippen molar-refractivity contribution in [3.8, 4) is 5.75 Å². The molecule has 2 unspecified atom stereocenters. The van der Waals surface area contributed by atoms with Crippen LogP contribution in [0.2, 0.25) is 0 Å². The molecule has 1 N–H and O–H groups in total. The number of ether oxygens (including phenoxy) is 1. The van der Waals surface area contributed by atoms with Crippen molar-refractivity contribution in [2.45, 2.75) is 38.7 Å². The Kier molecular flexibility index (Phi) is 4.27. The van der Waals surface area contributed by atoms with Crippen LogP contribution >= 0.6 is 0 Å².